The standard InChI is InChI=1S/C3H10N2S2/c1-6-5-7(2,3)4/h4H,1-3H3. The molecule has 0 aliphatic rings. The Morgan fingerprint density at radius 2 is 2.00 bits per heavy atom. The lowest BCUT2D eigenvalue weighted by Gasteiger charge is -1.91. The van der Waals surface area contributed by atoms with Gasteiger partial charge in [0.1, 0.15) is 0 Å². The molecular formula is C3H10N2S2. The average Bonchev–Trinajstić information content (AvgIpc) is 1.30. The van der Waals surface area contributed by atoms with Crippen LogP contribution in [-0.4, -0.2) is 18.8 Å². The Hall–Kier alpha value is 0.300. The van der Waals surface area contributed by atoms with Crippen molar-refractivity contribution >= 4 is 21.6 Å². The molecule has 0 aliphatic heterocycles. The van der Waals surface area contributed by atoms with Gasteiger partial charge in [0.2, 0.25) is 0 Å². The van der Waals surface area contributed by atoms with Crippen molar-refractivity contribution in [1.82, 2.24) is 0 Å². The van der Waals surface area contributed by atoms with E-state index in [1.165, 1.54) is 11.9 Å². The predicted octanol–water partition coefficient (Wildman–Crippen LogP) is 1.62. The highest BCUT2D eigenvalue weighted by atomic mass is 32.2. The molecule has 0 amide bonds. The zero-order chi connectivity index (χ0) is 5.91. The van der Waals surface area contributed by atoms with E-state index >= 15 is 0 Å². The summed E-state index contributed by atoms with van der Waals surface area (Å²) in [4.78, 5) is 0. The van der Waals surface area contributed by atoms with E-state index in [-0.39, 0.29) is 0 Å². The summed E-state index contributed by atoms with van der Waals surface area (Å²) < 4.78 is 11.2. The molecule has 1 N–H and O–H groups in total. The van der Waals surface area contributed by atoms with Crippen LogP contribution in [0.2, 0.25) is 0 Å². The molecule has 44 valence electrons. The van der Waals surface area contributed by atoms with Gasteiger partial charge in [0, 0.05) is 18.8 Å². The SMILES string of the molecule is CSN=S(C)(C)=N. The van der Waals surface area contributed by atoms with Gasteiger partial charge in [-0.2, -0.15) is 3.77 Å². The first-order valence-corrected chi connectivity index (χ1v) is 5.38. The zero-order valence-electron chi connectivity index (χ0n) is 4.76. The maximum absolute atomic E-state index is 7.23. The third-order valence-electron chi connectivity index (χ3n) is 0.261. The summed E-state index contributed by atoms with van der Waals surface area (Å²) in [6, 6.07) is 0. The highest BCUT2D eigenvalue weighted by molar-refractivity contribution is 8.06. The number of hydrogen-bond donors (Lipinski definition) is 1. The summed E-state index contributed by atoms with van der Waals surface area (Å²) in [5.41, 5.74) is 0. The van der Waals surface area contributed by atoms with Crippen molar-refractivity contribution < 1.29 is 0 Å². The fourth-order valence-electron chi connectivity index (χ4n) is 0.186. The highest BCUT2D eigenvalue weighted by Gasteiger charge is 1.77. The monoisotopic (exact) mass is 138 g/mol. The summed E-state index contributed by atoms with van der Waals surface area (Å²) in [6.45, 7) is 0. The van der Waals surface area contributed by atoms with Gasteiger partial charge in [-0.1, -0.05) is 9.62 Å². The van der Waals surface area contributed by atoms with Crippen LogP contribution in [0.4, 0.5) is 0 Å². The lowest BCUT2D eigenvalue weighted by molar-refractivity contribution is 1.60. The molecule has 0 fully saturated rings. The number of nitrogens with zero attached hydrogens (tertiary/aromatic N) is 1. The molecule has 0 heterocycles. The molecule has 4 heteroatoms. The van der Waals surface area contributed by atoms with E-state index in [2.05, 4.69) is 3.77 Å². The van der Waals surface area contributed by atoms with Crippen molar-refractivity contribution in [1.29, 1.82) is 4.78 Å². The molecule has 0 bridgehead atoms. The van der Waals surface area contributed by atoms with Gasteiger partial charge in [0.05, 0.1) is 0 Å². The van der Waals surface area contributed by atoms with Crippen molar-refractivity contribution in [3.8, 4) is 0 Å². The van der Waals surface area contributed by atoms with Crippen LogP contribution >= 0.6 is 11.9 Å². The topological polar surface area (TPSA) is 36.2 Å². The second-order valence-corrected chi connectivity index (χ2v) is 5.04. The second-order valence-electron chi connectivity index (χ2n) is 1.53. The maximum atomic E-state index is 7.23. The number of rotatable bonds is 1. The van der Waals surface area contributed by atoms with Crippen LogP contribution in [0, 0.1) is 4.78 Å². The highest BCUT2D eigenvalue weighted by Crippen LogP contribution is 1.98. The lowest BCUT2D eigenvalue weighted by Crippen LogP contribution is -1.83. The third-order valence-corrected chi connectivity index (χ3v) is 2.35. The van der Waals surface area contributed by atoms with E-state index in [0.29, 0.717) is 0 Å². The Bertz CT molecular complexity index is 135. The van der Waals surface area contributed by atoms with Gasteiger partial charge in [-0.15, -0.1) is 0 Å². The molecule has 0 aromatic carbocycles. The zero-order valence-corrected chi connectivity index (χ0v) is 6.40. The van der Waals surface area contributed by atoms with E-state index in [1.54, 1.807) is 0 Å². The van der Waals surface area contributed by atoms with E-state index in [4.69, 9.17) is 4.78 Å². The average molecular weight is 138 g/mol. The molecule has 0 spiro atoms. The van der Waals surface area contributed by atoms with E-state index in [0.717, 1.165) is 0 Å². The number of hydrogen-bond acceptors (Lipinski definition) is 3. The summed E-state index contributed by atoms with van der Waals surface area (Å²) in [6.07, 6.45) is 5.55. The Labute approximate surface area is 49.4 Å². The van der Waals surface area contributed by atoms with Gasteiger partial charge in [-0.3, -0.25) is 4.78 Å². The molecular weight excluding hydrogens is 128 g/mol. The minimum atomic E-state index is -1.34. The molecule has 0 radical (unpaired) electrons. The Kier molecular flexibility index (Phi) is 2.68. The summed E-state index contributed by atoms with van der Waals surface area (Å²) >= 11 is 1.38. The van der Waals surface area contributed by atoms with Crippen molar-refractivity contribution in [2.24, 2.45) is 3.77 Å². The summed E-state index contributed by atoms with van der Waals surface area (Å²) in [5.74, 6) is 0. The van der Waals surface area contributed by atoms with E-state index in [1.807, 2.05) is 18.8 Å². The van der Waals surface area contributed by atoms with Crippen molar-refractivity contribution in [2.75, 3.05) is 18.8 Å². The normalized spacial score (nSPS) is 11.3. The molecule has 0 aliphatic carbocycles. The maximum Gasteiger partial charge on any atom is 0.00438 e. The lowest BCUT2D eigenvalue weighted by atomic mass is 11.9. The number of nitrogens with one attached hydrogen (secondary N) is 1. The molecule has 0 aromatic heterocycles. The largest absolute Gasteiger partial charge is 0.270 e. The van der Waals surface area contributed by atoms with E-state index < -0.39 is 9.62 Å². The first-order valence-electron chi connectivity index (χ1n) is 1.79. The Morgan fingerprint density at radius 3 is 2.00 bits per heavy atom. The molecule has 7 heavy (non-hydrogen) atoms. The van der Waals surface area contributed by atoms with Gasteiger partial charge in [0.25, 0.3) is 0 Å². The van der Waals surface area contributed by atoms with Crippen molar-refractivity contribution in [2.45, 2.75) is 0 Å². The van der Waals surface area contributed by atoms with Crippen LogP contribution in [-0.2, 0) is 9.62 Å². The second kappa shape index (κ2) is 2.57. The molecule has 0 saturated carbocycles. The van der Waals surface area contributed by atoms with Crippen LogP contribution in [0.15, 0.2) is 3.77 Å². The summed E-state index contributed by atoms with van der Waals surface area (Å²) in [7, 11) is -1.34. The smallest absolute Gasteiger partial charge is 0.00438 e. The molecule has 0 saturated heterocycles. The van der Waals surface area contributed by atoms with Crippen LogP contribution in [0.5, 0.6) is 0 Å². The van der Waals surface area contributed by atoms with Crippen molar-refractivity contribution in [3.05, 3.63) is 0 Å². The minimum absolute atomic E-state index is 1.34. The van der Waals surface area contributed by atoms with Crippen molar-refractivity contribution in [3.63, 3.8) is 0 Å². The fraction of sp³-hybridized carbons (Fsp3) is 1.00. The fourth-order valence-corrected chi connectivity index (χ4v) is 1.68. The summed E-state index contributed by atoms with van der Waals surface area (Å²) in [5, 5.41) is 0. The van der Waals surface area contributed by atoms with Crippen LogP contribution in [0.1, 0.15) is 0 Å². The predicted molar refractivity (Wildman–Crippen MR) is 37.9 cm³/mol. The quantitative estimate of drug-likeness (QED) is 0.549. The molecule has 0 aromatic rings. The first-order chi connectivity index (χ1) is 3.06. The van der Waals surface area contributed by atoms with Crippen LogP contribution < -0.4 is 0 Å². The molecule has 2 nitrogen and oxygen atoms in total. The van der Waals surface area contributed by atoms with Gasteiger partial charge in [0.15, 0.2) is 0 Å². The Morgan fingerprint density at radius 1 is 1.57 bits per heavy atom. The molecule has 0 rings (SSSR count). The van der Waals surface area contributed by atoms with Gasteiger partial charge >= 0.3 is 0 Å². The molecule has 0 unspecified atom stereocenters. The first kappa shape index (κ1) is 7.30. The van der Waals surface area contributed by atoms with Gasteiger partial charge < -0.3 is 0 Å². The van der Waals surface area contributed by atoms with Gasteiger partial charge in [-0.25, -0.2) is 0 Å². The van der Waals surface area contributed by atoms with E-state index in [9.17, 15) is 0 Å². The Balaban J connectivity index is 4.02. The van der Waals surface area contributed by atoms with Crippen LogP contribution in [0.25, 0.3) is 0 Å². The van der Waals surface area contributed by atoms with Crippen LogP contribution in [0.3, 0.4) is 0 Å². The molecule has 0 atom stereocenters. The minimum Gasteiger partial charge on any atom is -0.270 e. The van der Waals surface area contributed by atoms with Gasteiger partial charge in [-0.05, 0) is 11.9 Å². The third kappa shape index (κ3) is 6.30.